The fourth-order valence-electron chi connectivity index (χ4n) is 3.62. The number of amides is 2. The van der Waals surface area contributed by atoms with Crippen molar-refractivity contribution in [3.8, 4) is 0 Å². The Morgan fingerprint density at radius 1 is 1.38 bits per heavy atom. The molecule has 2 aromatic heterocycles. The van der Waals surface area contributed by atoms with Gasteiger partial charge in [0.1, 0.15) is 5.69 Å². The van der Waals surface area contributed by atoms with Crippen LogP contribution in [0.1, 0.15) is 31.2 Å². The minimum absolute atomic E-state index is 0.0900. The molecule has 4 rings (SSSR count). The van der Waals surface area contributed by atoms with Crippen molar-refractivity contribution >= 4 is 27.4 Å². The number of pyridine rings is 1. The summed E-state index contributed by atoms with van der Waals surface area (Å²) in [4.78, 5) is 17.9. The summed E-state index contributed by atoms with van der Waals surface area (Å²) in [6.45, 7) is 2.78. The molecule has 4 heterocycles. The van der Waals surface area contributed by atoms with Gasteiger partial charge in [-0.15, -0.1) is 0 Å². The maximum absolute atomic E-state index is 12.8. The predicted molar refractivity (Wildman–Crippen MR) is 101 cm³/mol. The van der Waals surface area contributed by atoms with Gasteiger partial charge >= 0.3 is 6.03 Å². The number of hydrogen-bond acceptors (Lipinski definition) is 5. The van der Waals surface area contributed by atoms with E-state index in [0.717, 1.165) is 6.07 Å². The van der Waals surface area contributed by atoms with Crippen LogP contribution in [0.3, 0.4) is 0 Å². The number of hydrogen-bond donors (Lipinski definition) is 1. The number of aromatic nitrogens is 3. The average molecular weight is 426 g/mol. The predicted octanol–water partition coefficient (Wildman–Crippen LogP) is 2.19. The van der Waals surface area contributed by atoms with Gasteiger partial charge in [0.05, 0.1) is 42.5 Å². The van der Waals surface area contributed by atoms with Crippen LogP contribution >= 0.6 is 0 Å². The van der Waals surface area contributed by atoms with E-state index in [1.54, 1.807) is 4.68 Å². The van der Waals surface area contributed by atoms with Gasteiger partial charge in [0.2, 0.25) is 10.0 Å². The fraction of sp³-hybridized carbons (Fsp3) is 0.471. The van der Waals surface area contributed by atoms with Crippen LogP contribution in [-0.4, -0.2) is 52.5 Å². The van der Waals surface area contributed by atoms with Crippen LogP contribution in [0.15, 0.2) is 24.5 Å². The highest BCUT2D eigenvalue weighted by Crippen LogP contribution is 2.31. The Bertz CT molecular complexity index is 1040. The number of sulfonamides is 1. The molecule has 0 aliphatic carbocycles. The van der Waals surface area contributed by atoms with Crippen LogP contribution in [0, 0.1) is 0 Å². The molecule has 1 atom stereocenters. The molecule has 9 nitrogen and oxygen atoms in total. The molecule has 1 N–H and O–H groups in total. The summed E-state index contributed by atoms with van der Waals surface area (Å²) in [5, 5.41) is 6.90. The number of urea groups is 1. The highest BCUT2D eigenvalue weighted by atomic mass is 32.2. The molecule has 2 aromatic rings. The molecular weight excluding hydrogens is 406 g/mol. The first-order chi connectivity index (χ1) is 13.8. The van der Waals surface area contributed by atoms with Gasteiger partial charge in [0.15, 0.2) is 0 Å². The average Bonchev–Trinajstić information content (AvgIpc) is 3.22. The number of rotatable bonds is 3. The molecule has 0 aromatic carbocycles. The summed E-state index contributed by atoms with van der Waals surface area (Å²) >= 11 is 0. The van der Waals surface area contributed by atoms with Crippen molar-refractivity contribution in [1.82, 2.24) is 19.7 Å². The van der Waals surface area contributed by atoms with Gasteiger partial charge in [-0.1, -0.05) is 0 Å². The number of anilines is 2. The van der Waals surface area contributed by atoms with Crippen molar-refractivity contribution in [3.63, 3.8) is 0 Å². The van der Waals surface area contributed by atoms with Crippen LogP contribution < -0.4 is 9.62 Å². The zero-order chi connectivity index (χ0) is 20.8. The van der Waals surface area contributed by atoms with E-state index in [2.05, 4.69) is 15.4 Å². The third-order valence-corrected chi connectivity index (χ3v) is 6.96. The molecule has 1 saturated heterocycles. The standard InChI is InChI=1S/C17H20F2N6O3S/c1-11-9-24-15(14(8-21-24)25-5-2-6-29(25,27)28)10-23(11)17(26)22-12-3-4-20-13(7-12)16(18)19/h3-4,7-8,11,16H,2,5-6,9-10H2,1H3,(H,20,22,26)/t11-/m0/s1. The molecule has 2 aliphatic rings. The highest BCUT2D eigenvalue weighted by Gasteiger charge is 2.35. The minimum atomic E-state index is -3.37. The molecule has 0 saturated carbocycles. The molecule has 0 bridgehead atoms. The number of fused-ring (bicyclic) bond motifs is 1. The van der Waals surface area contributed by atoms with Gasteiger partial charge in [-0.2, -0.15) is 5.10 Å². The Hall–Kier alpha value is -2.76. The number of nitrogens with one attached hydrogen (secondary N) is 1. The number of carbonyl (C=O) groups is 1. The number of halogens is 2. The monoisotopic (exact) mass is 426 g/mol. The number of nitrogens with zero attached hydrogens (tertiary/aromatic N) is 5. The molecule has 1 fully saturated rings. The molecule has 12 heteroatoms. The van der Waals surface area contributed by atoms with E-state index >= 15 is 0 Å². The van der Waals surface area contributed by atoms with Crippen molar-refractivity contribution in [2.45, 2.75) is 38.9 Å². The molecule has 2 amide bonds. The second kappa shape index (κ2) is 7.25. The van der Waals surface area contributed by atoms with E-state index in [1.807, 2.05) is 6.92 Å². The van der Waals surface area contributed by atoms with Crippen LogP contribution in [0.2, 0.25) is 0 Å². The van der Waals surface area contributed by atoms with Gasteiger partial charge in [-0.3, -0.25) is 14.0 Å². The normalized spacial score (nSPS) is 20.8. The maximum Gasteiger partial charge on any atom is 0.322 e. The smallest absolute Gasteiger partial charge is 0.314 e. The highest BCUT2D eigenvalue weighted by molar-refractivity contribution is 7.93. The minimum Gasteiger partial charge on any atom is -0.314 e. The molecule has 156 valence electrons. The maximum atomic E-state index is 12.8. The van der Waals surface area contributed by atoms with Crippen LogP contribution in [0.4, 0.5) is 25.0 Å². The summed E-state index contributed by atoms with van der Waals surface area (Å²) in [6, 6.07) is 1.88. The van der Waals surface area contributed by atoms with Crippen molar-refractivity contribution in [2.75, 3.05) is 21.9 Å². The Labute approximate surface area is 166 Å². The molecular formula is C17H20F2N6O3S. The largest absolute Gasteiger partial charge is 0.322 e. The summed E-state index contributed by atoms with van der Waals surface area (Å²) in [6.07, 6.45) is 0.536. The van der Waals surface area contributed by atoms with Gasteiger partial charge in [0.25, 0.3) is 6.43 Å². The van der Waals surface area contributed by atoms with E-state index in [1.165, 1.54) is 27.7 Å². The van der Waals surface area contributed by atoms with Crippen LogP contribution in [0.25, 0.3) is 0 Å². The van der Waals surface area contributed by atoms with Crippen molar-refractivity contribution < 1.29 is 22.0 Å². The van der Waals surface area contributed by atoms with Gasteiger partial charge in [-0.25, -0.2) is 22.0 Å². The molecule has 0 unspecified atom stereocenters. The SMILES string of the molecule is C[C@H]1Cn2ncc(N3CCCS3(=O)=O)c2CN1C(=O)Nc1ccnc(C(F)F)c1. The topological polar surface area (TPSA) is 100 Å². The Balaban J connectivity index is 1.56. The molecule has 2 aliphatic heterocycles. The van der Waals surface area contributed by atoms with E-state index in [0.29, 0.717) is 30.9 Å². The summed E-state index contributed by atoms with van der Waals surface area (Å²) in [5.41, 5.74) is 0.908. The first kappa shape index (κ1) is 19.6. The first-order valence-electron chi connectivity index (χ1n) is 9.13. The van der Waals surface area contributed by atoms with E-state index in [-0.39, 0.29) is 24.0 Å². The lowest BCUT2D eigenvalue weighted by atomic mass is 10.2. The van der Waals surface area contributed by atoms with Crippen LogP contribution in [0.5, 0.6) is 0 Å². The number of carbonyl (C=O) groups excluding carboxylic acids is 1. The second-order valence-corrected chi connectivity index (χ2v) is 9.09. The zero-order valence-electron chi connectivity index (χ0n) is 15.6. The Morgan fingerprint density at radius 3 is 2.86 bits per heavy atom. The second-order valence-electron chi connectivity index (χ2n) is 7.08. The van der Waals surface area contributed by atoms with E-state index in [4.69, 9.17) is 0 Å². The summed E-state index contributed by atoms with van der Waals surface area (Å²) < 4.78 is 53.3. The van der Waals surface area contributed by atoms with Crippen LogP contribution in [-0.2, 0) is 23.1 Å². The quantitative estimate of drug-likeness (QED) is 0.811. The van der Waals surface area contributed by atoms with Crippen molar-refractivity contribution in [2.24, 2.45) is 0 Å². The third-order valence-electron chi connectivity index (χ3n) is 5.10. The molecule has 29 heavy (non-hydrogen) atoms. The lowest BCUT2D eigenvalue weighted by molar-refractivity contribution is 0.146. The summed E-state index contributed by atoms with van der Waals surface area (Å²) in [5.74, 6) is 0.0900. The molecule has 0 radical (unpaired) electrons. The first-order valence-corrected chi connectivity index (χ1v) is 10.7. The molecule has 0 spiro atoms. The third kappa shape index (κ3) is 3.63. The van der Waals surface area contributed by atoms with E-state index < -0.39 is 28.2 Å². The van der Waals surface area contributed by atoms with E-state index in [9.17, 15) is 22.0 Å². The van der Waals surface area contributed by atoms with Gasteiger partial charge < -0.3 is 10.2 Å². The summed E-state index contributed by atoms with van der Waals surface area (Å²) in [7, 11) is -3.37. The Morgan fingerprint density at radius 2 is 2.17 bits per heavy atom. The Kier molecular flexibility index (Phi) is 4.89. The van der Waals surface area contributed by atoms with Gasteiger partial charge in [-0.05, 0) is 25.5 Å². The van der Waals surface area contributed by atoms with Crippen molar-refractivity contribution in [1.29, 1.82) is 0 Å². The zero-order valence-corrected chi connectivity index (χ0v) is 16.4. The van der Waals surface area contributed by atoms with Gasteiger partial charge in [0, 0.05) is 18.4 Å². The van der Waals surface area contributed by atoms with Crippen molar-refractivity contribution in [3.05, 3.63) is 35.9 Å². The lowest BCUT2D eigenvalue weighted by Gasteiger charge is -2.35. The lowest BCUT2D eigenvalue weighted by Crippen LogP contribution is -2.47. The number of alkyl halides is 2. The fourth-order valence-corrected chi connectivity index (χ4v) is 5.19.